The first-order chi connectivity index (χ1) is 8.48. The first kappa shape index (κ1) is 15.7. The van der Waals surface area contributed by atoms with E-state index >= 15 is 0 Å². The summed E-state index contributed by atoms with van der Waals surface area (Å²) in [5, 5.41) is 39.8. The second-order valence-electron chi connectivity index (χ2n) is 3.62. The van der Waals surface area contributed by atoms with Gasteiger partial charge < -0.3 is 5.11 Å². The Morgan fingerprint density at radius 1 is 1.16 bits per heavy atom. The van der Waals surface area contributed by atoms with Crippen molar-refractivity contribution in [2.45, 2.75) is 21.8 Å². The van der Waals surface area contributed by atoms with Crippen LogP contribution in [-0.4, -0.2) is 35.2 Å². The fraction of sp³-hybridized carbons (Fsp3) is 0.667. The maximum absolute atomic E-state index is 10.9. The van der Waals surface area contributed by atoms with E-state index in [9.17, 15) is 35.4 Å². The van der Waals surface area contributed by atoms with E-state index in [-0.39, 0.29) is 0 Å². The molecule has 1 aliphatic carbocycles. The average Bonchev–Trinajstić information content (AvgIpc) is 2.25. The first-order valence-corrected chi connectivity index (χ1v) is 5.56. The van der Waals surface area contributed by atoms with Crippen LogP contribution in [0.25, 0.3) is 0 Å². The standard InChI is InChI=1S/C6H4Cl3N3O7/c7-3-2(10(14)15)4(13)6(9,12(18)19)1-5(3,8)11(16)17/h3,13H,1H2. The molecule has 1 rings (SSSR count). The third-order valence-corrected chi connectivity index (χ3v) is 4.13. The lowest BCUT2D eigenvalue weighted by molar-refractivity contribution is -0.589. The predicted molar refractivity (Wildman–Crippen MR) is 62.1 cm³/mol. The summed E-state index contributed by atoms with van der Waals surface area (Å²) < 4.78 is 0. The smallest absolute Gasteiger partial charge is 0.366 e. The second-order valence-corrected chi connectivity index (χ2v) is 5.34. The van der Waals surface area contributed by atoms with Crippen LogP contribution in [0.4, 0.5) is 0 Å². The topological polar surface area (TPSA) is 150 Å². The highest BCUT2D eigenvalue weighted by Gasteiger charge is 2.71. The van der Waals surface area contributed by atoms with Crippen molar-refractivity contribution in [2.75, 3.05) is 0 Å². The van der Waals surface area contributed by atoms with E-state index in [1.807, 2.05) is 0 Å². The van der Waals surface area contributed by atoms with E-state index in [2.05, 4.69) is 0 Å². The number of aliphatic hydroxyl groups excluding tert-OH is 1. The fourth-order valence-electron chi connectivity index (χ4n) is 1.51. The molecule has 19 heavy (non-hydrogen) atoms. The molecule has 0 aromatic carbocycles. The van der Waals surface area contributed by atoms with Crippen LogP contribution in [0.2, 0.25) is 0 Å². The molecule has 3 unspecified atom stereocenters. The molecule has 1 aliphatic rings. The van der Waals surface area contributed by atoms with Gasteiger partial charge in [0, 0.05) is 4.92 Å². The Balaban J connectivity index is 3.62. The summed E-state index contributed by atoms with van der Waals surface area (Å²) in [5.41, 5.74) is -1.37. The maximum atomic E-state index is 10.9. The van der Waals surface area contributed by atoms with Gasteiger partial charge in [-0.2, -0.15) is 0 Å². The zero-order chi connectivity index (χ0) is 15.2. The molecular weight excluding hydrogens is 332 g/mol. The molecule has 0 saturated carbocycles. The molecule has 0 heterocycles. The van der Waals surface area contributed by atoms with Gasteiger partial charge >= 0.3 is 15.7 Å². The lowest BCUT2D eigenvalue weighted by Crippen LogP contribution is -2.56. The average molecular weight is 336 g/mol. The van der Waals surface area contributed by atoms with E-state index in [1.54, 1.807) is 0 Å². The van der Waals surface area contributed by atoms with E-state index < -0.39 is 48.0 Å². The molecule has 0 amide bonds. The molecule has 0 fully saturated rings. The van der Waals surface area contributed by atoms with Crippen LogP contribution in [0.15, 0.2) is 11.5 Å². The number of rotatable bonds is 3. The third kappa shape index (κ3) is 2.15. The molecule has 0 saturated heterocycles. The predicted octanol–water partition coefficient (Wildman–Crippen LogP) is 1.47. The molecule has 13 heteroatoms. The number of nitrogens with zero attached hydrogens (tertiary/aromatic N) is 3. The molecule has 1 N–H and O–H groups in total. The van der Waals surface area contributed by atoms with Gasteiger partial charge in [-0.25, -0.2) is 0 Å². The highest BCUT2D eigenvalue weighted by atomic mass is 35.5. The summed E-state index contributed by atoms with van der Waals surface area (Å²) >= 11 is 16.4. The van der Waals surface area contributed by atoms with Crippen LogP contribution >= 0.6 is 34.8 Å². The zero-order valence-corrected chi connectivity index (χ0v) is 10.9. The second kappa shape index (κ2) is 4.62. The summed E-state index contributed by atoms with van der Waals surface area (Å²) in [7, 11) is 0. The lowest BCUT2D eigenvalue weighted by Gasteiger charge is -2.30. The van der Waals surface area contributed by atoms with Crippen molar-refractivity contribution in [2.24, 2.45) is 0 Å². The Kier molecular flexibility index (Phi) is 3.81. The third-order valence-electron chi connectivity index (χ3n) is 2.51. The van der Waals surface area contributed by atoms with Gasteiger partial charge in [0.05, 0.1) is 9.85 Å². The van der Waals surface area contributed by atoms with Gasteiger partial charge in [0.1, 0.15) is 6.42 Å². The van der Waals surface area contributed by atoms with Gasteiger partial charge in [-0.15, -0.1) is 11.6 Å². The van der Waals surface area contributed by atoms with Crippen LogP contribution in [0, 0.1) is 30.3 Å². The summed E-state index contributed by atoms with van der Waals surface area (Å²) in [6, 6.07) is 0. The number of hydrogen-bond donors (Lipinski definition) is 1. The monoisotopic (exact) mass is 335 g/mol. The van der Waals surface area contributed by atoms with Crippen LogP contribution in [0.5, 0.6) is 0 Å². The molecule has 0 bridgehead atoms. The molecular formula is C6H4Cl3N3O7. The molecule has 0 spiro atoms. The van der Waals surface area contributed by atoms with E-state index in [0.29, 0.717) is 0 Å². The number of alkyl halides is 3. The normalized spacial score (nSPS) is 35.0. The van der Waals surface area contributed by atoms with Gasteiger partial charge in [0.25, 0.3) is 5.76 Å². The van der Waals surface area contributed by atoms with Crippen LogP contribution in [0.3, 0.4) is 0 Å². The van der Waals surface area contributed by atoms with E-state index in [1.165, 1.54) is 0 Å². The Morgan fingerprint density at radius 2 is 1.63 bits per heavy atom. The zero-order valence-electron chi connectivity index (χ0n) is 8.66. The highest BCUT2D eigenvalue weighted by Crippen LogP contribution is 2.48. The van der Waals surface area contributed by atoms with Crippen LogP contribution < -0.4 is 0 Å². The van der Waals surface area contributed by atoms with Crippen molar-refractivity contribution in [3.63, 3.8) is 0 Å². The minimum atomic E-state index is -2.98. The lowest BCUT2D eigenvalue weighted by atomic mass is 9.92. The largest absolute Gasteiger partial charge is 0.500 e. The maximum Gasteiger partial charge on any atom is 0.366 e. The minimum absolute atomic E-state index is 1.22. The highest BCUT2D eigenvalue weighted by molar-refractivity contribution is 6.34. The molecule has 0 aliphatic heterocycles. The number of halogens is 3. The van der Waals surface area contributed by atoms with Crippen molar-refractivity contribution in [3.8, 4) is 0 Å². The number of aliphatic hydroxyl groups is 1. The van der Waals surface area contributed by atoms with Gasteiger partial charge in [-0.3, -0.25) is 30.3 Å². The van der Waals surface area contributed by atoms with Crippen LogP contribution in [0.1, 0.15) is 6.42 Å². The number of hydrogen-bond acceptors (Lipinski definition) is 7. The SMILES string of the molecule is O=[N+]([O-])C1=C(O)C(Cl)([N+](=O)[O-])CC(Cl)([N+](=O)[O-])C1Cl. The summed E-state index contributed by atoms with van der Waals surface area (Å²) in [6.45, 7) is 0. The molecule has 106 valence electrons. The van der Waals surface area contributed by atoms with Gasteiger partial charge in [-0.05, 0) is 23.2 Å². The van der Waals surface area contributed by atoms with Gasteiger partial charge in [0.2, 0.25) is 5.38 Å². The minimum Gasteiger partial charge on any atom is -0.500 e. The molecule has 10 nitrogen and oxygen atoms in total. The Bertz CT molecular complexity index is 510. The Hall–Kier alpha value is -1.39. The first-order valence-electron chi connectivity index (χ1n) is 4.37. The number of nitro groups is 3. The van der Waals surface area contributed by atoms with Gasteiger partial charge in [-0.1, -0.05) is 0 Å². The van der Waals surface area contributed by atoms with Gasteiger partial charge in [0.15, 0.2) is 0 Å². The van der Waals surface area contributed by atoms with Crippen molar-refractivity contribution in [1.29, 1.82) is 0 Å². The molecule has 0 aromatic heterocycles. The Labute approximate surface area is 119 Å². The fourth-order valence-corrected chi connectivity index (χ4v) is 2.52. The van der Waals surface area contributed by atoms with Crippen molar-refractivity contribution in [3.05, 3.63) is 41.8 Å². The molecule has 0 radical (unpaired) electrons. The summed E-state index contributed by atoms with van der Waals surface area (Å²) in [4.78, 5) is 22.8. The molecule has 3 atom stereocenters. The van der Waals surface area contributed by atoms with Crippen molar-refractivity contribution < 1.29 is 19.9 Å². The summed E-state index contributed by atoms with van der Waals surface area (Å²) in [6.07, 6.45) is -1.22. The molecule has 0 aromatic rings. The van der Waals surface area contributed by atoms with Crippen LogP contribution in [-0.2, 0) is 0 Å². The summed E-state index contributed by atoms with van der Waals surface area (Å²) in [5.74, 6) is -1.47. The van der Waals surface area contributed by atoms with E-state index in [0.717, 1.165) is 0 Å². The quantitative estimate of drug-likeness (QED) is 0.354. The van der Waals surface area contributed by atoms with Crippen molar-refractivity contribution >= 4 is 34.8 Å². The van der Waals surface area contributed by atoms with Crippen molar-refractivity contribution in [1.82, 2.24) is 0 Å². The van der Waals surface area contributed by atoms with E-state index in [4.69, 9.17) is 34.8 Å². The Morgan fingerprint density at radius 3 is 1.95 bits per heavy atom.